The lowest BCUT2D eigenvalue weighted by Crippen LogP contribution is -2.10. The van der Waals surface area contributed by atoms with Crippen LogP contribution in [0.15, 0.2) is 36.7 Å². The Bertz CT molecular complexity index is 477. The Morgan fingerprint density at radius 2 is 1.75 bits per heavy atom. The van der Waals surface area contributed by atoms with Crippen LogP contribution in [0.4, 0.5) is 4.39 Å². The zero-order valence-corrected chi connectivity index (χ0v) is 9.74. The fourth-order valence-corrected chi connectivity index (χ4v) is 1.56. The molecule has 0 unspecified atom stereocenters. The van der Waals surface area contributed by atoms with Crippen molar-refractivity contribution in [2.75, 3.05) is 0 Å². The third-order valence-corrected chi connectivity index (χ3v) is 2.55. The summed E-state index contributed by atoms with van der Waals surface area (Å²) >= 11 is 0. The number of rotatable bonds is 1. The highest BCUT2D eigenvalue weighted by molar-refractivity contribution is 5.36. The lowest BCUT2D eigenvalue weighted by Gasteiger charge is -2.19. The normalized spacial score (nSPS) is 11.8. The first-order chi connectivity index (χ1) is 7.47. The van der Waals surface area contributed by atoms with Crippen molar-refractivity contribution in [2.24, 2.45) is 0 Å². The molecule has 0 saturated carbocycles. The minimum absolute atomic E-state index is 0.133. The minimum Gasteiger partial charge on any atom is -0.238 e. The third-order valence-electron chi connectivity index (χ3n) is 2.55. The molecule has 0 aliphatic heterocycles. The van der Waals surface area contributed by atoms with Crippen molar-refractivity contribution >= 4 is 0 Å². The maximum Gasteiger partial charge on any atom is 0.161 e. The van der Waals surface area contributed by atoms with Gasteiger partial charge in [0.25, 0.3) is 0 Å². The molecule has 16 heavy (non-hydrogen) atoms. The summed E-state index contributed by atoms with van der Waals surface area (Å²) in [5.41, 5.74) is 2.26. The molecule has 3 heteroatoms. The van der Waals surface area contributed by atoms with E-state index in [2.05, 4.69) is 38.0 Å². The Kier molecular flexibility index (Phi) is 2.54. The second-order valence-electron chi connectivity index (χ2n) is 4.90. The molecule has 2 nitrogen and oxygen atoms in total. The van der Waals surface area contributed by atoms with Crippen LogP contribution in [0.5, 0.6) is 0 Å². The van der Waals surface area contributed by atoms with E-state index in [4.69, 9.17) is 0 Å². The van der Waals surface area contributed by atoms with Gasteiger partial charge in [-0.25, -0.2) is 9.07 Å². The summed E-state index contributed by atoms with van der Waals surface area (Å²) in [5.74, 6) is -0.320. The standard InChI is InChI=1S/C13H15FN2/c1-13(2,3)10-4-6-12(7-5-10)16-9-11(14)8-15-16/h4-9H,1-3H3. The molecule has 0 fully saturated rings. The maximum atomic E-state index is 12.8. The summed E-state index contributed by atoms with van der Waals surface area (Å²) < 4.78 is 14.3. The van der Waals surface area contributed by atoms with Crippen LogP contribution in [-0.4, -0.2) is 9.78 Å². The Morgan fingerprint density at radius 3 is 2.19 bits per heavy atom. The minimum atomic E-state index is -0.320. The van der Waals surface area contributed by atoms with Gasteiger partial charge in [0, 0.05) is 0 Å². The molecule has 1 aromatic carbocycles. The topological polar surface area (TPSA) is 17.8 Å². The van der Waals surface area contributed by atoms with Crippen molar-refractivity contribution in [1.82, 2.24) is 9.78 Å². The molecule has 0 aliphatic carbocycles. The molecule has 0 amide bonds. The Balaban J connectivity index is 2.33. The number of nitrogens with zero attached hydrogens (tertiary/aromatic N) is 2. The van der Waals surface area contributed by atoms with Crippen molar-refractivity contribution in [3.05, 3.63) is 48.0 Å². The molecule has 0 aliphatic rings. The molecule has 84 valence electrons. The number of hydrogen-bond acceptors (Lipinski definition) is 1. The molecule has 2 aromatic rings. The third kappa shape index (κ3) is 2.13. The lowest BCUT2D eigenvalue weighted by molar-refractivity contribution is 0.590. The van der Waals surface area contributed by atoms with Crippen molar-refractivity contribution in [3.63, 3.8) is 0 Å². The van der Waals surface area contributed by atoms with Gasteiger partial charge in [0.05, 0.1) is 18.1 Å². The van der Waals surface area contributed by atoms with Gasteiger partial charge < -0.3 is 0 Å². The number of halogens is 1. The van der Waals surface area contributed by atoms with E-state index < -0.39 is 0 Å². The predicted molar refractivity (Wildman–Crippen MR) is 62.2 cm³/mol. The Labute approximate surface area is 94.7 Å². The average molecular weight is 218 g/mol. The molecule has 0 radical (unpaired) electrons. The first kappa shape index (κ1) is 10.9. The monoisotopic (exact) mass is 218 g/mol. The van der Waals surface area contributed by atoms with Crippen LogP contribution in [-0.2, 0) is 5.41 Å². The molecule has 0 atom stereocenters. The lowest BCUT2D eigenvalue weighted by atomic mass is 9.87. The van der Waals surface area contributed by atoms with Crippen LogP contribution < -0.4 is 0 Å². The van der Waals surface area contributed by atoms with Gasteiger partial charge in [-0.2, -0.15) is 5.10 Å². The second-order valence-corrected chi connectivity index (χ2v) is 4.90. The molecule has 1 aromatic heterocycles. The van der Waals surface area contributed by atoms with Crippen molar-refractivity contribution in [1.29, 1.82) is 0 Å². The van der Waals surface area contributed by atoms with Crippen LogP contribution in [0.1, 0.15) is 26.3 Å². The Hall–Kier alpha value is -1.64. The van der Waals surface area contributed by atoms with Gasteiger partial charge >= 0.3 is 0 Å². The fourth-order valence-electron chi connectivity index (χ4n) is 1.56. The molecular weight excluding hydrogens is 203 g/mol. The molecule has 0 bridgehead atoms. The first-order valence-electron chi connectivity index (χ1n) is 5.28. The fraction of sp³-hybridized carbons (Fsp3) is 0.308. The van der Waals surface area contributed by atoms with Crippen LogP contribution in [0.3, 0.4) is 0 Å². The van der Waals surface area contributed by atoms with E-state index in [1.807, 2.05) is 12.1 Å². The molecule has 2 rings (SSSR count). The van der Waals surface area contributed by atoms with Gasteiger partial charge in [0.1, 0.15) is 0 Å². The van der Waals surface area contributed by atoms with Gasteiger partial charge in [-0.05, 0) is 23.1 Å². The van der Waals surface area contributed by atoms with E-state index in [0.717, 1.165) is 5.69 Å². The van der Waals surface area contributed by atoms with Crippen molar-refractivity contribution in [2.45, 2.75) is 26.2 Å². The summed E-state index contributed by atoms with van der Waals surface area (Å²) in [6, 6.07) is 8.00. The number of hydrogen-bond donors (Lipinski definition) is 0. The molecule has 0 N–H and O–H groups in total. The summed E-state index contributed by atoms with van der Waals surface area (Å²) in [4.78, 5) is 0. The van der Waals surface area contributed by atoms with Gasteiger partial charge in [0.15, 0.2) is 5.82 Å². The highest BCUT2D eigenvalue weighted by atomic mass is 19.1. The van der Waals surface area contributed by atoms with Gasteiger partial charge in [-0.3, -0.25) is 0 Å². The predicted octanol–water partition coefficient (Wildman–Crippen LogP) is 3.31. The van der Waals surface area contributed by atoms with E-state index >= 15 is 0 Å². The maximum absolute atomic E-state index is 12.8. The Morgan fingerprint density at radius 1 is 1.12 bits per heavy atom. The van der Waals surface area contributed by atoms with Gasteiger partial charge in [-0.15, -0.1) is 0 Å². The zero-order chi connectivity index (χ0) is 11.8. The largest absolute Gasteiger partial charge is 0.238 e. The number of aromatic nitrogens is 2. The van der Waals surface area contributed by atoms with Crippen LogP contribution in [0.25, 0.3) is 5.69 Å². The van der Waals surface area contributed by atoms with E-state index in [0.29, 0.717) is 0 Å². The van der Waals surface area contributed by atoms with Crippen LogP contribution in [0.2, 0.25) is 0 Å². The van der Waals surface area contributed by atoms with Crippen LogP contribution in [0, 0.1) is 5.82 Å². The average Bonchev–Trinajstić information content (AvgIpc) is 2.64. The van der Waals surface area contributed by atoms with E-state index in [1.54, 1.807) is 0 Å². The number of benzene rings is 1. The van der Waals surface area contributed by atoms with Crippen LogP contribution >= 0.6 is 0 Å². The van der Waals surface area contributed by atoms with Crippen molar-refractivity contribution < 1.29 is 4.39 Å². The van der Waals surface area contributed by atoms with Gasteiger partial charge in [0.2, 0.25) is 0 Å². The summed E-state index contributed by atoms with van der Waals surface area (Å²) in [6.07, 6.45) is 2.57. The van der Waals surface area contributed by atoms with Crippen molar-refractivity contribution in [3.8, 4) is 5.69 Å². The summed E-state index contributed by atoms with van der Waals surface area (Å²) in [6.45, 7) is 6.49. The smallest absolute Gasteiger partial charge is 0.161 e. The molecular formula is C13H15FN2. The quantitative estimate of drug-likeness (QED) is 0.718. The van der Waals surface area contributed by atoms with E-state index in [1.165, 1.54) is 22.6 Å². The first-order valence-corrected chi connectivity index (χ1v) is 5.28. The summed E-state index contributed by atoms with van der Waals surface area (Å²) in [5, 5.41) is 3.92. The molecule has 0 spiro atoms. The zero-order valence-electron chi connectivity index (χ0n) is 9.74. The van der Waals surface area contributed by atoms with E-state index in [-0.39, 0.29) is 11.2 Å². The molecule has 0 saturated heterocycles. The second kappa shape index (κ2) is 3.74. The summed E-state index contributed by atoms with van der Waals surface area (Å²) in [7, 11) is 0. The molecule has 1 heterocycles. The van der Waals surface area contributed by atoms with E-state index in [9.17, 15) is 4.39 Å². The van der Waals surface area contributed by atoms with Gasteiger partial charge in [-0.1, -0.05) is 32.9 Å². The highest BCUT2D eigenvalue weighted by Gasteiger charge is 2.13. The SMILES string of the molecule is CC(C)(C)c1ccc(-n2cc(F)cn2)cc1. The highest BCUT2D eigenvalue weighted by Crippen LogP contribution is 2.22.